The monoisotopic (exact) mass is 156 g/mol. The summed E-state index contributed by atoms with van der Waals surface area (Å²) in [5.41, 5.74) is 0. The molecule has 2 atom stereocenters. The summed E-state index contributed by atoms with van der Waals surface area (Å²) in [4.78, 5) is 8.12. The maximum Gasteiger partial charge on any atom is 0.0531 e. The molecule has 0 aliphatic carbocycles. The van der Waals surface area contributed by atoms with Crippen molar-refractivity contribution in [1.82, 2.24) is 0 Å². The molecule has 0 bridgehead atoms. The molecule has 0 fully saturated rings. The fourth-order valence-corrected chi connectivity index (χ4v) is 0. The van der Waals surface area contributed by atoms with Crippen LogP contribution in [0.1, 0.15) is 6.92 Å². The van der Waals surface area contributed by atoms with Gasteiger partial charge in [-0.3, -0.25) is 0 Å². The van der Waals surface area contributed by atoms with Gasteiger partial charge in [0.15, 0.2) is 0 Å². The summed E-state index contributed by atoms with van der Waals surface area (Å²) in [6.07, 6.45) is 0. The average Bonchev–Trinajstić information content (AvgIpc) is 1.38. The molecule has 0 heterocycles. The number of rotatable bonds is 1. The standard InChI is InChI=1S/C2H6BrOP/c1-2(3)5-4/h2,4-5H,1H3. The maximum atomic E-state index is 8.12. The van der Waals surface area contributed by atoms with E-state index in [1.54, 1.807) is 0 Å². The summed E-state index contributed by atoms with van der Waals surface area (Å²) in [5, 5.41) is 0. The van der Waals surface area contributed by atoms with Crippen molar-refractivity contribution in [2.75, 3.05) is 0 Å². The van der Waals surface area contributed by atoms with Crippen molar-refractivity contribution in [2.45, 2.75) is 11.5 Å². The number of hydrogen-bond acceptors (Lipinski definition) is 1. The lowest BCUT2D eigenvalue weighted by Crippen LogP contribution is -1.69. The molecule has 2 unspecified atom stereocenters. The third-order valence-corrected chi connectivity index (χ3v) is 1.15. The van der Waals surface area contributed by atoms with E-state index >= 15 is 0 Å². The Bertz CT molecular complexity index is 23.6. The molecule has 0 aromatic carbocycles. The minimum Gasteiger partial charge on any atom is -0.376 e. The molecule has 0 aliphatic heterocycles. The lowest BCUT2D eigenvalue weighted by Gasteiger charge is -1.87. The van der Waals surface area contributed by atoms with Crippen LogP contribution in [0.4, 0.5) is 0 Å². The van der Waals surface area contributed by atoms with Crippen molar-refractivity contribution in [2.24, 2.45) is 0 Å². The van der Waals surface area contributed by atoms with Crippen molar-refractivity contribution in [3.05, 3.63) is 0 Å². The van der Waals surface area contributed by atoms with Crippen LogP contribution < -0.4 is 0 Å². The summed E-state index contributed by atoms with van der Waals surface area (Å²) in [7, 11) is 0.0309. The Kier molecular flexibility index (Phi) is 3.61. The van der Waals surface area contributed by atoms with Gasteiger partial charge in [0.1, 0.15) is 0 Å². The molecule has 1 nitrogen and oxygen atoms in total. The van der Waals surface area contributed by atoms with Crippen LogP contribution in [-0.4, -0.2) is 9.46 Å². The van der Waals surface area contributed by atoms with Crippen LogP contribution in [0.15, 0.2) is 0 Å². The van der Waals surface area contributed by atoms with Crippen LogP contribution in [0.2, 0.25) is 0 Å². The number of alkyl halides is 1. The van der Waals surface area contributed by atoms with Crippen molar-refractivity contribution >= 4 is 24.7 Å². The van der Waals surface area contributed by atoms with Crippen molar-refractivity contribution in [3.8, 4) is 0 Å². The zero-order chi connectivity index (χ0) is 4.28. The van der Waals surface area contributed by atoms with Gasteiger partial charge in [0.25, 0.3) is 0 Å². The number of hydrogen-bond donors (Lipinski definition) is 1. The van der Waals surface area contributed by atoms with Crippen molar-refractivity contribution in [1.29, 1.82) is 0 Å². The van der Waals surface area contributed by atoms with E-state index in [1.807, 2.05) is 6.92 Å². The predicted molar refractivity (Wildman–Crippen MR) is 28.9 cm³/mol. The maximum absolute atomic E-state index is 8.12. The third kappa shape index (κ3) is 4.87. The lowest BCUT2D eigenvalue weighted by atomic mass is 11.0. The zero-order valence-electron chi connectivity index (χ0n) is 2.90. The lowest BCUT2D eigenvalue weighted by molar-refractivity contribution is 0.645. The largest absolute Gasteiger partial charge is 0.376 e. The first-order valence-corrected chi connectivity index (χ1v) is 3.25. The second-order valence-electron chi connectivity index (χ2n) is 0.745. The molecule has 3 heteroatoms. The molecule has 1 N–H and O–H groups in total. The molecule has 5 heavy (non-hydrogen) atoms. The third-order valence-electron chi connectivity index (χ3n) is 0.178. The van der Waals surface area contributed by atoms with Gasteiger partial charge < -0.3 is 4.89 Å². The Labute approximate surface area is 41.8 Å². The van der Waals surface area contributed by atoms with E-state index < -0.39 is 0 Å². The van der Waals surface area contributed by atoms with Crippen LogP contribution in [0.3, 0.4) is 0 Å². The first kappa shape index (κ1) is 5.87. The van der Waals surface area contributed by atoms with Crippen LogP contribution in [-0.2, 0) is 0 Å². The molecular weight excluding hydrogens is 151 g/mol. The molecule has 0 aromatic rings. The molecule has 0 rings (SSSR count). The van der Waals surface area contributed by atoms with Crippen molar-refractivity contribution < 1.29 is 4.89 Å². The van der Waals surface area contributed by atoms with E-state index in [1.165, 1.54) is 0 Å². The van der Waals surface area contributed by atoms with Crippen LogP contribution in [0.25, 0.3) is 0 Å². The highest BCUT2D eigenvalue weighted by molar-refractivity contribution is 9.10. The average molecular weight is 157 g/mol. The molecule has 0 saturated heterocycles. The Morgan fingerprint density at radius 2 is 2.20 bits per heavy atom. The Hall–Kier alpha value is 0.870. The van der Waals surface area contributed by atoms with E-state index in [0.717, 1.165) is 0 Å². The normalized spacial score (nSPS) is 17.4. The molecule has 32 valence electrons. The van der Waals surface area contributed by atoms with Gasteiger partial charge >= 0.3 is 0 Å². The first-order valence-electron chi connectivity index (χ1n) is 1.31. The quantitative estimate of drug-likeness (QED) is 0.449. The van der Waals surface area contributed by atoms with E-state index in [2.05, 4.69) is 15.9 Å². The van der Waals surface area contributed by atoms with Gasteiger partial charge in [0, 0.05) is 8.81 Å². The first-order chi connectivity index (χ1) is 2.27. The zero-order valence-corrected chi connectivity index (χ0v) is 5.49. The summed E-state index contributed by atoms with van der Waals surface area (Å²) in [6.45, 7) is 1.90. The highest BCUT2D eigenvalue weighted by atomic mass is 79.9. The second kappa shape index (κ2) is 3.08. The fraction of sp³-hybridized carbons (Fsp3) is 1.00. The Morgan fingerprint density at radius 1 is 2.00 bits per heavy atom. The van der Waals surface area contributed by atoms with Gasteiger partial charge in [0.05, 0.1) is 4.57 Å². The van der Waals surface area contributed by atoms with Gasteiger partial charge in [-0.2, -0.15) is 0 Å². The second-order valence-corrected chi connectivity index (χ2v) is 4.09. The van der Waals surface area contributed by atoms with Crippen LogP contribution >= 0.6 is 24.7 Å². The summed E-state index contributed by atoms with van der Waals surface area (Å²) in [6, 6.07) is 0. The van der Waals surface area contributed by atoms with Gasteiger partial charge in [0.2, 0.25) is 0 Å². The summed E-state index contributed by atoms with van der Waals surface area (Å²) in [5.74, 6) is 0. The van der Waals surface area contributed by atoms with Gasteiger partial charge in [-0.15, -0.1) is 0 Å². The van der Waals surface area contributed by atoms with E-state index in [4.69, 9.17) is 4.89 Å². The molecule has 0 aliphatic rings. The molecule has 0 spiro atoms. The SMILES string of the molecule is CC(Br)PO. The summed E-state index contributed by atoms with van der Waals surface area (Å²) < 4.78 is 0.280. The Balaban J connectivity index is 2.54. The Morgan fingerprint density at radius 3 is 2.20 bits per heavy atom. The highest BCUT2D eigenvalue weighted by Crippen LogP contribution is 2.17. The highest BCUT2D eigenvalue weighted by Gasteiger charge is 1.84. The topological polar surface area (TPSA) is 20.2 Å². The van der Waals surface area contributed by atoms with Crippen LogP contribution in [0.5, 0.6) is 0 Å². The van der Waals surface area contributed by atoms with Gasteiger partial charge in [-0.1, -0.05) is 15.9 Å². The number of halogens is 1. The van der Waals surface area contributed by atoms with Crippen molar-refractivity contribution in [3.63, 3.8) is 0 Å². The summed E-state index contributed by atoms with van der Waals surface area (Å²) >= 11 is 3.14. The molecule has 0 amide bonds. The van der Waals surface area contributed by atoms with Gasteiger partial charge in [-0.25, -0.2) is 0 Å². The minimum atomic E-state index is 0.0309. The molecule has 0 saturated carbocycles. The molecule has 0 radical (unpaired) electrons. The van der Waals surface area contributed by atoms with E-state index in [0.29, 0.717) is 0 Å². The predicted octanol–water partition coefficient (Wildman–Crippen LogP) is 1.31. The van der Waals surface area contributed by atoms with E-state index in [-0.39, 0.29) is 13.4 Å². The van der Waals surface area contributed by atoms with Crippen LogP contribution in [0, 0.1) is 0 Å². The molecular formula is C2H6BrOP. The molecule has 0 aromatic heterocycles. The fourth-order valence-electron chi connectivity index (χ4n) is 0. The van der Waals surface area contributed by atoms with Gasteiger partial charge in [-0.05, 0) is 6.92 Å². The smallest absolute Gasteiger partial charge is 0.0531 e. The van der Waals surface area contributed by atoms with E-state index in [9.17, 15) is 0 Å². The minimum absolute atomic E-state index is 0.0309.